The monoisotopic (exact) mass is 445 g/mol. The van der Waals surface area contributed by atoms with Crippen molar-refractivity contribution in [2.45, 2.75) is 19.4 Å². The smallest absolute Gasteiger partial charge is 0.293 e. The van der Waals surface area contributed by atoms with E-state index in [1.54, 1.807) is 37.3 Å². The molecule has 31 heavy (non-hydrogen) atoms. The zero-order chi connectivity index (χ0) is 23.0. The number of para-hydroxylation sites is 1. The molecule has 1 heterocycles. The van der Waals surface area contributed by atoms with Crippen LogP contribution in [0.1, 0.15) is 12.6 Å². The molecule has 1 aromatic carbocycles. The van der Waals surface area contributed by atoms with Gasteiger partial charge in [-0.05, 0) is 31.2 Å². The number of hydrogen-bond donors (Lipinski definition) is 2. The van der Waals surface area contributed by atoms with Crippen LogP contribution in [0.15, 0.2) is 63.4 Å². The number of nitrogens with one attached hydrogen (secondary N) is 2. The van der Waals surface area contributed by atoms with Gasteiger partial charge in [0.2, 0.25) is 5.78 Å². The summed E-state index contributed by atoms with van der Waals surface area (Å²) >= 11 is 0. The van der Waals surface area contributed by atoms with Crippen molar-refractivity contribution in [2.24, 2.45) is 5.10 Å². The third kappa shape index (κ3) is 4.23. The summed E-state index contributed by atoms with van der Waals surface area (Å²) in [6.07, 6.45) is 3.69. The minimum atomic E-state index is -4.08. The molecule has 1 aliphatic carbocycles. The van der Waals surface area contributed by atoms with Gasteiger partial charge in [-0.25, -0.2) is 13.1 Å². The van der Waals surface area contributed by atoms with Crippen molar-refractivity contribution in [3.63, 3.8) is 0 Å². The van der Waals surface area contributed by atoms with Crippen LogP contribution in [0.4, 0.5) is 5.69 Å². The van der Waals surface area contributed by atoms with Crippen molar-refractivity contribution in [1.82, 2.24) is 9.78 Å². The normalized spacial score (nSPS) is 20.4. The van der Waals surface area contributed by atoms with Crippen molar-refractivity contribution in [1.29, 1.82) is 0 Å². The number of carbonyl (C=O) groups excluding carboxylic acids is 1. The lowest BCUT2D eigenvalue weighted by atomic mass is 10.0. The summed E-state index contributed by atoms with van der Waals surface area (Å²) in [6.45, 7) is 2.77. The van der Waals surface area contributed by atoms with Gasteiger partial charge in [0.25, 0.3) is 11.1 Å². The van der Waals surface area contributed by atoms with Crippen LogP contribution in [-0.4, -0.2) is 46.4 Å². The number of nitro groups is 1. The van der Waals surface area contributed by atoms with Gasteiger partial charge in [0, 0.05) is 24.2 Å². The number of aromatic nitrogens is 2. The second-order valence-electron chi connectivity index (χ2n) is 7.12. The van der Waals surface area contributed by atoms with E-state index in [9.17, 15) is 28.1 Å². The predicted octanol–water partition coefficient (Wildman–Crippen LogP) is 1.34. The average Bonchev–Trinajstić information content (AvgIpc) is 2.90. The Kier molecular flexibility index (Phi) is 5.51. The molecule has 0 spiro atoms. The SMILES string of the molecule is Cc1[nH]n(-c2ccccc2)c(=O)c1NN=C1C=CC(C)([N+](=O)[O-])C=C(S(C)(=O)=O)C1=O. The third-order valence-corrected chi connectivity index (χ3v) is 5.73. The van der Waals surface area contributed by atoms with Crippen molar-refractivity contribution in [3.8, 4) is 5.69 Å². The Morgan fingerprint density at radius 2 is 1.87 bits per heavy atom. The number of H-pyrrole nitrogens is 1. The Morgan fingerprint density at radius 3 is 2.45 bits per heavy atom. The number of hydrazone groups is 1. The van der Waals surface area contributed by atoms with E-state index in [0.29, 0.717) is 11.4 Å². The van der Waals surface area contributed by atoms with Crippen LogP contribution in [0.25, 0.3) is 5.69 Å². The predicted molar refractivity (Wildman–Crippen MR) is 115 cm³/mol. The molecule has 162 valence electrons. The Bertz CT molecular complexity index is 1320. The first-order valence-corrected chi connectivity index (χ1v) is 10.9. The van der Waals surface area contributed by atoms with Gasteiger partial charge in [-0.2, -0.15) is 5.10 Å². The molecule has 0 saturated carbocycles. The van der Waals surface area contributed by atoms with Crippen molar-refractivity contribution >= 4 is 27.0 Å². The van der Waals surface area contributed by atoms with E-state index in [1.807, 2.05) is 0 Å². The van der Waals surface area contributed by atoms with Crippen LogP contribution in [0.3, 0.4) is 0 Å². The third-order valence-electron chi connectivity index (χ3n) is 4.63. The molecule has 1 atom stereocenters. The summed E-state index contributed by atoms with van der Waals surface area (Å²) in [5, 5.41) is 18.2. The molecule has 3 rings (SSSR count). The molecule has 0 bridgehead atoms. The highest BCUT2D eigenvalue weighted by Crippen LogP contribution is 2.23. The lowest BCUT2D eigenvalue weighted by Gasteiger charge is -2.11. The van der Waals surface area contributed by atoms with Crippen LogP contribution in [0, 0.1) is 17.0 Å². The van der Waals surface area contributed by atoms with Crippen LogP contribution >= 0.6 is 0 Å². The molecule has 2 N–H and O–H groups in total. The van der Waals surface area contributed by atoms with Gasteiger partial charge in [-0.1, -0.05) is 18.2 Å². The number of Topliss-reactive ketones (excluding diaryl/α,β-unsaturated/α-hetero) is 1. The maximum absolute atomic E-state index is 12.7. The minimum Gasteiger partial charge on any atom is -0.293 e. The highest BCUT2D eigenvalue weighted by Gasteiger charge is 2.39. The fraction of sp³-hybridized carbons (Fsp3) is 0.211. The molecule has 0 fully saturated rings. The zero-order valence-corrected chi connectivity index (χ0v) is 17.6. The first-order valence-electron chi connectivity index (χ1n) is 8.96. The molecule has 0 saturated heterocycles. The zero-order valence-electron chi connectivity index (χ0n) is 16.8. The second kappa shape index (κ2) is 7.80. The number of ketones is 1. The molecule has 12 heteroatoms. The average molecular weight is 445 g/mol. The van der Waals surface area contributed by atoms with E-state index < -0.39 is 42.3 Å². The second-order valence-corrected chi connectivity index (χ2v) is 9.11. The molecular formula is C19H19N5O6S. The number of sulfone groups is 1. The Morgan fingerprint density at radius 1 is 1.23 bits per heavy atom. The van der Waals surface area contributed by atoms with Gasteiger partial charge in [-0.15, -0.1) is 0 Å². The number of carbonyl (C=O) groups is 1. The summed E-state index contributed by atoms with van der Waals surface area (Å²) in [6, 6.07) is 8.74. The molecule has 1 aliphatic rings. The van der Waals surface area contributed by atoms with Gasteiger partial charge in [0.1, 0.15) is 16.3 Å². The van der Waals surface area contributed by atoms with Gasteiger partial charge < -0.3 is 0 Å². The largest absolute Gasteiger partial charge is 0.296 e. The summed E-state index contributed by atoms with van der Waals surface area (Å²) in [5.74, 6) is -1.02. The molecule has 1 unspecified atom stereocenters. The molecule has 11 nitrogen and oxygen atoms in total. The van der Waals surface area contributed by atoms with Crippen LogP contribution in [-0.2, 0) is 14.6 Å². The number of aryl methyl sites for hydroxylation is 1. The number of aromatic amines is 1. The molecule has 0 radical (unpaired) electrons. The van der Waals surface area contributed by atoms with Gasteiger partial charge in [0.05, 0.1) is 11.4 Å². The maximum Gasteiger partial charge on any atom is 0.296 e. The molecule has 0 aliphatic heterocycles. The number of rotatable bonds is 5. The highest BCUT2D eigenvalue weighted by molar-refractivity contribution is 7.95. The molecular weight excluding hydrogens is 426 g/mol. The van der Waals surface area contributed by atoms with Crippen LogP contribution in [0.5, 0.6) is 0 Å². The minimum absolute atomic E-state index is 0.0312. The Balaban J connectivity index is 2.04. The van der Waals surface area contributed by atoms with E-state index in [0.717, 1.165) is 31.4 Å². The fourth-order valence-electron chi connectivity index (χ4n) is 2.86. The van der Waals surface area contributed by atoms with E-state index in [4.69, 9.17) is 0 Å². The number of hydrogen-bond acceptors (Lipinski definition) is 8. The Labute approximate surface area is 176 Å². The first kappa shape index (κ1) is 21.9. The maximum atomic E-state index is 12.7. The molecule has 0 amide bonds. The first-order chi connectivity index (χ1) is 14.4. The fourth-order valence-corrected chi connectivity index (χ4v) is 3.75. The lowest BCUT2D eigenvalue weighted by Crippen LogP contribution is -2.31. The summed E-state index contributed by atoms with van der Waals surface area (Å²) < 4.78 is 25.4. The summed E-state index contributed by atoms with van der Waals surface area (Å²) in [4.78, 5) is 35.4. The standard InChI is InChI=1S/C19H19N5O6S/c1-12-16(18(26)23(22-12)13-7-5-4-6-8-13)21-20-14-9-10-19(2,24(27)28)11-15(17(14)25)31(3,29)30/h4-11,21-22H,1-3H3. The van der Waals surface area contributed by atoms with E-state index in [-0.39, 0.29) is 5.69 Å². The number of benzene rings is 1. The van der Waals surface area contributed by atoms with E-state index in [1.165, 1.54) is 4.68 Å². The van der Waals surface area contributed by atoms with E-state index >= 15 is 0 Å². The van der Waals surface area contributed by atoms with E-state index in [2.05, 4.69) is 15.6 Å². The Hall–Kier alpha value is -3.80. The number of nitrogens with zero attached hydrogens (tertiary/aromatic N) is 3. The molecule has 1 aromatic heterocycles. The summed E-state index contributed by atoms with van der Waals surface area (Å²) in [5.41, 5.74) is 0.712. The quantitative estimate of drug-likeness (QED) is 0.519. The van der Waals surface area contributed by atoms with Crippen molar-refractivity contribution in [2.75, 3.05) is 11.7 Å². The van der Waals surface area contributed by atoms with Gasteiger partial charge >= 0.3 is 0 Å². The lowest BCUT2D eigenvalue weighted by molar-refractivity contribution is -0.535. The topological polar surface area (TPSA) is 157 Å². The highest BCUT2D eigenvalue weighted by atomic mass is 32.2. The van der Waals surface area contributed by atoms with Crippen LogP contribution in [0.2, 0.25) is 0 Å². The number of anilines is 1. The molecule has 2 aromatic rings. The van der Waals surface area contributed by atoms with Crippen molar-refractivity contribution in [3.05, 3.63) is 79.6 Å². The van der Waals surface area contributed by atoms with Gasteiger partial charge in [0.15, 0.2) is 9.84 Å². The summed E-state index contributed by atoms with van der Waals surface area (Å²) in [7, 11) is -4.08. The van der Waals surface area contributed by atoms with Gasteiger partial charge in [-0.3, -0.25) is 30.2 Å². The number of allylic oxidation sites excluding steroid dienone is 2. The van der Waals surface area contributed by atoms with Crippen LogP contribution < -0.4 is 11.0 Å². The van der Waals surface area contributed by atoms with Crippen molar-refractivity contribution < 1.29 is 18.1 Å².